The number of alkyl halides is 2. The highest BCUT2D eigenvalue weighted by molar-refractivity contribution is 7.91. The van der Waals surface area contributed by atoms with Gasteiger partial charge in [-0.1, -0.05) is 12.1 Å². The van der Waals surface area contributed by atoms with Gasteiger partial charge in [-0.25, -0.2) is 8.42 Å². The average Bonchev–Trinajstić information content (AvgIpc) is 2.36. The number of nitrogens with one attached hydrogen (secondary N) is 1. The Morgan fingerprint density at radius 2 is 1.95 bits per heavy atom. The van der Waals surface area contributed by atoms with Crippen LogP contribution in [0, 0.1) is 0 Å². The predicted molar refractivity (Wildman–Crippen MR) is 65.8 cm³/mol. The summed E-state index contributed by atoms with van der Waals surface area (Å²) in [4.78, 5) is -0.543. The standard InChI is InChI=1S/C11H15F2NO4S/c1-11(16,7-15)6-14-8-4-2-3-5-9(8)19(17,18)10(12)13/h2-5,10,14-16H,6-7H2,1H3. The molecule has 0 fully saturated rings. The third-order valence-corrected chi connectivity index (χ3v) is 3.87. The van der Waals surface area contributed by atoms with Crippen LogP contribution < -0.4 is 5.32 Å². The molecule has 3 N–H and O–H groups in total. The second kappa shape index (κ2) is 5.81. The number of halogens is 2. The Bertz CT molecular complexity index is 531. The highest BCUT2D eigenvalue weighted by atomic mass is 32.2. The maximum absolute atomic E-state index is 12.5. The smallest absolute Gasteiger partial charge is 0.341 e. The van der Waals surface area contributed by atoms with Crippen molar-refractivity contribution in [3.8, 4) is 0 Å². The molecule has 5 nitrogen and oxygen atoms in total. The van der Waals surface area contributed by atoms with E-state index in [1.165, 1.54) is 25.1 Å². The highest BCUT2D eigenvalue weighted by Crippen LogP contribution is 2.26. The molecule has 0 amide bonds. The average molecular weight is 295 g/mol. The molecule has 0 aliphatic heterocycles. The summed E-state index contributed by atoms with van der Waals surface area (Å²) >= 11 is 0. The zero-order valence-electron chi connectivity index (χ0n) is 10.2. The second-order valence-corrected chi connectivity index (χ2v) is 6.20. The van der Waals surface area contributed by atoms with Crippen molar-refractivity contribution in [3.63, 3.8) is 0 Å². The van der Waals surface area contributed by atoms with Crippen LogP contribution >= 0.6 is 0 Å². The largest absolute Gasteiger partial charge is 0.393 e. The Labute approximate surface area is 109 Å². The maximum Gasteiger partial charge on any atom is 0.341 e. The van der Waals surface area contributed by atoms with Crippen LogP contribution in [0.15, 0.2) is 29.2 Å². The molecule has 0 saturated heterocycles. The number of para-hydroxylation sites is 1. The Morgan fingerprint density at radius 1 is 1.37 bits per heavy atom. The van der Waals surface area contributed by atoms with Crippen LogP contribution in [0.2, 0.25) is 0 Å². The van der Waals surface area contributed by atoms with E-state index < -0.39 is 32.7 Å². The number of aliphatic hydroxyl groups is 2. The SMILES string of the molecule is CC(O)(CO)CNc1ccccc1S(=O)(=O)C(F)F. The van der Waals surface area contributed by atoms with Gasteiger partial charge in [-0.2, -0.15) is 8.78 Å². The molecule has 0 spiro atoms. The number of sulfone groups is 1. The molecule has 1 atom stereocenters. The first-order valence-corrected chi connectivity index (χ1v) is 6.93. The first-order chi connectivity index (χ1) is 8.70. The third kappa shape index (κ3) is 3.85. The van der Waals surface area contributed by atoms with E-state index in [1.54, 1.807) is 0 Å². The molecule has 1 rings (SSSR count). The molecular formula is C11H15F2NO4S. The van der Waals surface area contributed by atoms with Crippen molar-refractivity contribution >= 4 is 15.5 Å². The summed E-state index contributed by atoms with van der Waals surface area (Å²) in [5.74, 6) is -3.52. The zero-order valence-corrected chi connectivity index (χ0v) is 11.0. The van der Waals surface area contributed by atoms with Crippen molar-refractivity contribution in [1.29, 1.82) is 0 Å². The van der Waals surface area contributed by atoms with Gasteiger partial charge in [0.05, 0.1) is 17.2 Å². The van der Waals surface area contributed by atoms with Crippen molar-refractivity contribution in [2.75, 3.05) is 18.5 Å². The van der Waals surface area contributed by atoms with Gasteiger partial charge in [-0.15, -0.1) is 0 Å². The van der Waals surface area contributed by atoms with Gasteiger partial charge in [0.25, 0.3) is 0 Å². The van der Waals surface area contributed by atoms with Crippen LogP contribution in [-0.4, -0.2) is 43.1 Å². The molecule has 8 heteroatoms. The van der Waals surface area contributed by atoms with E-state index >= 15 is 0 Å². The highest BCUT2D eigenvalue weighted by Gasteiger charge is 2.29. The summed E-state index contributed by atoms with van der Waals surface area (Å²) in [5, 5.41) is 21.0. The fourth-order valence-electron chi connectivity index (χ4n) is 1.30. The molecule has 108 valence electrons. The van der Waals surface area contributed by atoms with Crippen LogP contribution in [0.4, 0.5) is 14.5 Å². The van der Waals surface area contributed by atoms with E-state index in [0.717, 1.165) is 6.07 Å². The number of benzene rings is 1. The van der Waals surface area contributed by atoms with Crippen molar-refractivity contribution < 1.29 is 27.4 Å². The Balaban J connectivity index is 3.05. The number of aliphatic hydroxyl groups excluding tert-OH is 1. The van der Waals surface area contributed by atoms with E-state index in [0.29, 0.717) is 0 Å². The summed E-state index contributed by atoms with van der Waals surface area (Å²) in [6.07, 6.45) is 0. The summed E-state index contributed by atoms with van der Waals surface area (Å²) in [5.41, 5.74) is -1.53. The number of anilines is 1. The van der Waals surface area contributed by atoms with Crippen molar-refractivity contribution in [2.24, 2.45) is 0 Å². The van der Waals surface area contributed by atoms with E-state index in [1.807, 2.05) is 0 Å². The monoisotopic (exact) mass is 295 g/mol. The molecule has 19 heavy (non-hydrogen) atoms. The molecule has 0 aliphatic carbocycles. The Morgan fingerprint density at radius 3 is 2.47 bits per heavy atom. The molecular weight excluding hydrogens is 280 g/mol. The molecule has 1 aromatic rings. The van der Waals surface area contributed by atoms with Crippen LogP contribution in [0.1, 0.15) is 6.92 Å². The number of hydrogen-bond donors (Lipinski definition) is 3. The molecule has 0 bridgehead atoms. The van der Waals surface area contributed by atoms with Gasteiger partial charge in [-0.05, 0) is 19.1 Å². The second-order valence-electron chi connectivity index (χ2n) is 4.31. The number of hydrogen-bond acceptors (Lipinski definition) is 5. The van der Waals surface area contributed by atoms with Crippen molar-refractivity contribution in [1.82, 2.24) is 0 Å². The lowest BCUT2D eigenvalue weighted by Crippen LogP contribution is -2.37. The fraction of sp³-hybridized carbons (Fsp3) is 0.455. The lowest BCUT2D eigenvalue weighted by molar-refractivity contribution is 0.0132. The van der Waals surface area contributed by atoms with Gasteiger partial charge >= 0.3 is 5.76 Å². The maximum atomic E-state index is 12.5. The summed E-state index contributed by atoms with van der Waals surface area (Å²) in [6, 6.07) is 5.16. The van der Waals surface area contributed by atoms with Gasteiger partial charge < -0.3 is 15.5 Å². The fourth-order valence-corrected chi connectivity index (χ4v) is 2.21. The first-order valence-electron chi connectivity index (χ1n) is 5.39. The normalized spacial score (nSPS) is 15.3. The first kappa shape index (κ1) is 15.8. The lowest BCUT2D eigenvalue weighted by atomic mass is 10.1. The quantitative estimate of drug-likeness (QED) is 0.724. The van der Waals surface area contributed by atoms with Crippen molar-refractivity contribution in [2.45, 2.75) is 23.2 Å². The molecule has 1 unspecified atom stereocenters. The summed E-state index contributed by atoms with van der Waals surface area (Å²) in [7, 11) is -4.72. The van der Waals surface area contributed by atoms with Gasteiger partial charge in [0, 0.05) is 6.54 Å². The molecule has 0 aliphatic rings. The lowest BCUT2D eigenvalue weighted by Gasteiger charge is -2.22. The molecule has 1 aromatic carbocycles. The van der Waals surface area contributed by atoms with Crippen LogP contribution in [-0.2, 0) is 9.84 Å². The molecule has 0 aromatic heterocycles. The van der Waals surface area contributed by atoms with E-state index in [-0.39, 0.29) is 12.2 Å². The topological polar surface area (TPSA) is 86.6 Å². The zero-order chi connectivity index (χ0) is 14.7. The van der Waals surface area contributed by atoms with Crippen molar-refractivity contribution in [3.05, 3.63) is 24.3 Å². The predicted octanol–water partition coefficient (Wildman–Crippen LogP) is 0.838. The van der Waals surface area contributed by atoms with Crippen LogP contribution in [0.25, 0.3) is 0 Å². The van der Waals surface area contributed by atoms with E-state index in [4.69, 9.17) is 5.11 Å². The molecule has 0 heterocycles. The molecule has 0 saturated carbocycles. The third-order valence-electron chi connectivity index (χ3n) is 2.43. The van der Waals surface area contributed by atoms with Crippen LogP contribution in [0.3, 0.4) is 0 Å². The number of rotatable bonds is 6. The van der Waals surface area contributed by atoms with Gasteiger partial charge in [0.2, 0.25) is 9.84 Å². The van der Waals surface area contributed by atoms with Crippen LogP contribution in [0.5, 0.6) is 0 Å². The van der Waals surface area contributed by atoms with E-state index in [9.17, 15) is 22.3 Å². The minimum absolute atomic E-state index is 0.0449. The van der Waals surface area contributed by atoms with E-state index in [2.05, 4.69) is 5.32 Å². The van der Waals surface area contributed by atoms with Gasteiger partial charge in [0.15, 0.2) is 0 Å². The van der Waals surface area contributed by atoms with Gasteiger partial charge in [0.1, 0.15) is 5.60 Å². The molecule has 0 radical (unpaired) electrons. The summed E-state index contributed by atoms with van der Waals surface area (Å²) in [6.45, 7) is 0.591. The van der Waals surface area contributed by atoms with Gasteiger partial charge in [-0.3, -0.25) is 0 Å². The minimum Gasteiger partial charge on any atom is -0.393 e. The summed E-state index contributed by atoms with van der Waals surface area (Å²) < 4.78 is 47.9. The Hall–Kier alpha value is -1.25. The minimum atomic E-state index is -4.72. The Kier molecular flexibility index (Phi) is 4.83.